The lowest BCUT2D eigenvalue weighted by Gasteiger charge is -2.44. The number of aromatic hydroxyl groups is 23. The van der Waals surface area contributed by atoms with Crippen molar-refractivity contribution >= 4 is 47.8 Å². The van der Waals surface area contributed by atoms with Crippen molar-refractivity contribution in [1.82, 2.24) is 0 Å². The molecular weight excluding hydrogens is 1520 g/mol. The lowest BCUT2D eigenvalue weighted by atomic mass is 9.91. The third-order valence-corrected chi connectivity index (χ3v) is 17.3. The van der Waals surface area contributed by atoms with Crippen LogP contribution in [0, 0.1) is 0 Å². The summed E-state index contributed by atoms with van der Waals surface area (Å²) in [5.74, 6) is -52.0. The minimum atomic E-state index is -3.07. The number of benzene rings is 8. The van der Waals surface area contributed by atoms with E-state index in [2.05, 4.69) is 0 Å². The Kier molecular flexibility index (Phi) is 19.3. The van der Waals surface area contributed by atoms with E-state index >= 15 is 9.59 Å². The third kappa shape index (κ3) is 13.2. The van der Waals surface area contributed by atoms with E-state index in [9.17, 15) is 156 Å². The Morgan fingerprint density at radius 2 is 0.643 bits per heavy atom. The van der Waals surface area contributed by atoms with Crippen LogP contribution in [-0.4, -0.2) is 250 Å². The zero-order valence-electron chi connectivity index (χ0n) is 55.0. The van der Waals surface area contributed by atoms with E-state index in [4.69, 9.17) is 52.1 Å². The van der Waals surface area contributed by atoms with E-state index in [0.29, 0.717) is 42.5 Å². The molecule has 4 aliphatic rings. The van der Waals surface area contributed by atoms with Crippen LogP contribution in [0.1, 0.15) is 82.9 Å². The topological polar surface area (TPSA) is 744 Å². The van der Waals surface area contributed by atoms with Gasteiger partial charge in [0, 0.05) is 34.4 Å². The highest BCUT2D eigenvalue weighted by atomic mass is 16.8. The normalized spacial score (nSPS) is 20.7. The van der Waals surface area contributed by atoms with Crippen molar-refractivity contribution in [2.45, 2.75) is 61.4 Å². The molecule has 2 fully saturated rings. The summed E-state index contributed by atoms with van der Waals surface area (Å²) in [6, 6.07) is 3.97. The molecule has 0 aromatic heterocycles. The Labute approximate surface area is 616 Å². The highest BCUT2D eigenvalue weighted by Gasteiger charge is 2.57. The first-order valence-corrected chi connectivity index (χ1v) is 31.1. The molecule has 2 saturated heterocycles. The van der Waals surface area contributed by atoms with E-state index in [1.54, 1.807) is 0 Å². The largest absolute Gasteiger partial charge is 0.504 e. The van der Waals surface area contributed by atoms with Crippen molar-refractivity contribution in [2.75, 3.05) is 13.2 Å². The molecule has 0 spiro atoms. The smallest absolute Gasteiger partial charge is 0.342 e. The number of aliphatic hydroxyl groups excluding tert-OH is 2. The van der Waals surface area contributed by atoms with Crippen molar-refractivity contribution in [1.29, 1.82) is 0 Å². The van der Waals surface area contributed by atoms with Crippen LogP contribution in [0.25, 0.3) is 22.3 Å². The summed E-state index contributed by atoms with van der Waals surface area (Å²) in [6.45, 7) is -2.89. The van der Waals surface area contributed by atoms with Crippen LogP contribution in [0.2, 0.25) is 0 Å². The predicted octanol–water partition coefficient (Wildman–Crippen LogP) is 1.77. The van der Waals surface area contributed by atoms with Crippen molar-refractivity contribution in [2.24, 2.45) is 0 Å². The minimum absolute atomic E-state index is 0.109. The maximum absolute atomic E-state index is 15.4. The third-order valence-electron chi connectivity index (χ3n) is 17.3. The first-order valence-electron chi connectivity index (χ1n) is 31.1. The van der Waals surface area contributed by atoms with Crippen LogP contribution >= 0.6 is 0 Å². The number of hydrogen-bond acceptors (Lipinski definition) is 44. The zero-order chi connectivity index (χ0) is 81.7. The van der Waals surface area contributed by atoms with Crippen molar-refractivity contribution in [3.8, 4) is 166 Å². The van der Waals surface area contributed by atoms with E-state index in [1.807, 2.05) is 0 Å². The molecule has 44 nitrogen and oxygen atoms in total. The monoisotopic (exact) mass is 1570 g/mol. The van der Waals surface area contributed by atoms with Gasteiger partial charge in [0.2, 0.25) is 53.2 Å². The fourth-order valence-electron chi connectivity index (χ4n) is 11.8. The molecule has 25 N–H and O–H groups in total. The number of carbonyl (C=O) groups excluding carboxylic acids is 8. The molecule has 0 radical (unpaired) electrons. The van der Waals surface area contributed by atoms with E-state index < -0.39 is 333 Å². The Balaban J connectivity index is 1.00. The summed E-state index contributed by atoms with van der Waals surface area (Å²) in [5, 5.41) is 272. The molecule has 0 aliphatic carbocycles. The molecule has 586 valence electrons. The van der Waals surface area contributed by atoms with Gasteiger partial charge in [-0.3, -0.25) is 0 Å². The highest BCUT2D eigenvalue weighted by Crippen LogP contribution is 2.58. The standard InChI is InChI=1S/C68H50O44/c69-22-1-14(2-23(70)39(22)79)59(94)107-55-34-13-103-62(97)17-7-28(75)42(82)48(88)35(17)36-19(9-30(77)43(83)49(36)89)65(100)109-57(55)58(68(106-34)112-61(96)16-5-26(73)41(81)27(74)6-16)110-66(101)21-10-31(78)45(85)52(92)54(21)104-32-11-20-38(51(91)46(32)86)37-18(8-29(76)44(84)50(37)90)64(99)108-56-47(87)33(12-102-63(20)98)105-67(53(56)93)111-60(95)15-3-24(71)40(80)25(72)4-15/h1-11,33-34,47,53,55-58,67-93H,12-13H2. The summed E-state index contributed by atoms with van der Waals surface area (Å²) in [5.41, 5.74) is -14.8. The van der Waals surface area contributed by atoms with E-state index in [-0.39, 0.29) is 24.3 Å². The quantitative estimate of drug-likeness (QED) is 0.0527. The lowest BCUT2D eigenvalue weighted by molar-refractivity contribution is -0.284. The molecule has 8 aromatic rings. The summed E-state index contributed by atoms with van der Waals surface area (Å²) >= 11 is 0. The minimum Gasteiger partial charge on any atom is -0.504 e. The van der Waals surface area contributed by atoms with Gasteiger partial charge in [-0.15, -0.1) is 0 Å². The second-order valence-corrected chi connectivity index (χ2v) is 24.3. The van der Waals surface area contributed by atoms with Gasteiger partial charge in [0.05, 0.1) is 38.9 Å². The van der Waals surface area contributed by atoms with Gasteiger partial charge in [-0.05, 0) is 54.6 Å². The van der Waals surface area contributed by atoms with Gasteiger partial charge in [0.25, 0.3) is 0 Å². The molecule has 4 aliphatic heterocycles. The summed E-state index contributed by atoms with van der Waals surface area (Å²) in [7, 11) is 0. The molecular formula is C68H50O44. The molecule has 12 rings (SSSR count). The van der Waals surface area contributed by atoms with Crippen molar-refractivity contribution in [3.05, 3.63) is 111 Å². The number of rotatable bonds is 10. The first kappa shape index (κ1) is 76.2. The fraction of sp³-hybridized carbons (Fsp3) is 0.176. The van der Waals surface area contributed by atoms with Crippen molar-refractivity contribution in [3.63, 3.8) is 0 Å². The molecule has 10 unspecified atom stereocenters. The molecule has 44 heteroatoms. The van der Waals surface area contributed by atoms with Gasteiger partial charge in [0.1, 0.15) is 37.1 Å². The van der Waals surface area contributed by atoms with Gasteiger partial charge < -0.3 is 180 Å². The molecule has 4 heterocycles. The molecule has 4 bridgehead atoms. The maximum atomic E-state index is 15.4. The van der Waals surface area contributed by atoms with Crippen LogP contribution in [0.15, 0.2) is 66.7 Å². The molecule has 112 heavy (non-hydrogen) atoms. The van der Waals surface area contributed by atoms with Crippen LogP contribution in [0.5, 0.6) is 144 Å². The van der Waals surface area contributed by atoms with E-state index in [1.165, 1.54) is 0 Å². The molecule has 0 saturated carbocycles. The molecule has 10 atom stereocenters. The lowest BCUT2D eigenvalue weighted by Crippen LogP contribution is -2.63. The summed E-state index contributed by atoms with van der Waals surface area (Å²) in [6.07, 6.45) is -26.2. The number of carbonyl (C=O) groups is 8. The SMILES string of the molecule is O=C(OC1OC2COC(=O)c3cc(Oc4c(C(=O)OC5C(OC(=O)c6cc(O)c(O)c(O)c6)OC6COC(=O)c7cc(O)c(O)c(O)c7-c7c(cc(O)c(O)c7O)C(=O)OC5C6OC(=O)c5cc(O)c(O)c(O)c5)cc(O)c(O)c4O)c(O)c(O)c3-c3c(cc(O)c(O)c3O)C(=O)OC(C2O)C1O)c1cc(O)c(O)c(O)c1. The van der Waals surface area contributed by atoms with Crippen LogP contribution < -0.4 is 4.74 Å². The second-order valence-electron chi connectivity index (χ2n) is 24.3. The Bertz CT molecular complexity index is 5320. The Morgan fingerprint density at radius 1 is 0.312 bits per heavy atom. The zero-order valence-corrected chi connectivity index (χ0v) is 55.0. The van der Waals surface area contributed by atoms with Crippen LogP contribution in [0.4, 0.5) is 0 Å². The van der Waals surface area contributed by atoms with Crippen LogP contribution in [-0.2, 0) is 47.4 Å². The fourth-order valence-corrected chi connectivity index (χ4v) is 11.8. The van der Waals surface area contributed by atoms with Gasteiger partial charge in [-0.25, -0.2) is 38.4 Å². The number of hydrogen-bond donors (Lipinski definition) is 25. The van der Waals surface area contributed by atoms with Gasteiger partial charge in [0.15, 0.2) is 134 Å². The second kappa shape index (κ2) is 28.4. The number of aliphatic hydroxyl groups is 2. The van der Waals surface area contributed by atoms with Gasteiger partial charge >= 0.3 is 47.8 Å². The first-order chi connectivity index (χ1) is 52.7. The number of esters is 8. The summed E-state index contributed by atoms with van der Waals surface area (Å²) < 4.78 is 61.4. The average Bonchev–Trinajstić information content (AvgIpc) is 0.745. The number of phenols is 23. The number of cyclic esters (lactones) is 2. The highest BCUT2D eigenvalue weighted by molar-refractivity contribution is 6.10. The number of fused-ring (bicyclic) bond motifs is 10. The molecule has 0 amide bonds. The Hall–Kier alpha value is -15.4. The van der Waals surface area contributed by atoms with Gasteiger partial charge in [-0.2, -0.15) is 0 Å². The average molecular weight is 1570 g/mol. The molecule has 8 aromatic carbocycles. The number of phenolic OH excluding ortho intramolecular Hbond substituents is 23. The number of ether oxygens (including phenoxy) is 11. The summed E-state index contributed by atoms with van der Waals surface area (Å²) in [4.78, 5) is 116. The van der Waals surface area contributed by atoms with E-state index in [0.717, 1.165) is 0 Å². The van der Waals surface area contributed by atoms with Crippen LogP contribution in [0.3, 0.4) is 0 Å². The predicted molar refractivity (Wildman–Crippen MR) is 345 cm³/mol. The maximum Gasteiger partial charge on any atom is 0.342 e. The Morgan fingerprint density at radius 3 is 1.08 bits per heavy atom. The van der Waals surface area contributed by atoms with Gasteiger partial charge in [-0.1, -0.05) is 0 Å². The van der Waals surface area contributed by atoms with Crippen molar-refractivity contribution < 1.29 is 218 Å².